The maximum atomic E-state index is 12.4. The second-order valence-corrected chi connectivity index (χ2v) is 9.71. The van der Waals surface area contributed by atoms with Crippen molar-refractivity contribution in [2.45, 2.75) is 64.1 Å². The molecule has 1 fully saturated rings. The molecule has 1 aromatic carbocycles. The predicted octanol–water partition coefficient (Wildman–Crippen LogP) is 4.77. The smallest absolute Gasteiger partial charge is 0.253 e. The third kappa shape index (κ3) is 5.04. The van der Waals surface area contributed by atoms with Gasteiger partial charge in [-0.25, -0.2) is 9.50 Å². The van der Waals surface area contributed by atoms with Crippen molar-refractivity contribution in [1.82, 2.24) is 24.9 Å². The van der Waals surface area contributed by atoms with E-state index in [-0.39, 0.29) is 11.9 Å². The van der Waals surface area contributed by atoms with Crippen LogP contribution >= 0.6 is 23.4 Å². The Labute approximate surface area is 192 Å². The fraction of sp³-hybridized carbons (Fsp3) is 0.478. The molecule has 2 heterocycles. The second-order valence-electron chi connectivity index (χ2n) is 8.36. The van der Waals surface area contributed by atoms with Crippen molar-refractivity contribution < 1.29 is 4.79 Å². The molecule has 1 N–H and O–H groups in total. The lowest BCUT2D eigenvalue weighted by Crippen LogP contribution is -2.41. The Kier molecular flexibility index (Phi) is 6.82. The molecular formula is C23H28ClN5OS. The Bertz CT molecular complexity index is 1100. The Balaban J connectivity index is 1.47. The van der Waals surface area contributed by atoms with Crippen molar-refractivity contribution in [3.05, 3.63) is 51.8 Å². The summed E-state index contributed by atoms with van der Waals surface area (Å²) >= 11 is 7.71. The van der Waals surface area contributed by atoms with Gasteiger partial charge in [-0.3, -0.25) is 4.79 Å². The summed E-state index contributed by atoms with van der Waals surface area (Å²) in [5.74, 6) is 1.46. The summed E-state index contributed by atoms with van der Waals surface area (Å²) < 4.78 is 1.77. The number of halogens is 1. The first kappa shape index (κ1) is 22.1. The van der Waals surface area contributed by atoms with Crippen LogP contribution in [0.3, 0.4) is 0 Å². The van der Waals surface area contributed by atoms with Gasteiger partial charge in [-0.2, -0.15) is 4.98 Å². The van der Waals surface area contributed by atoms with Crippen molar-refractivity contribution >= 4 is 35.0 Å². The molecule has 2 atom stereocenters. The highest BCUT2D eigenvalue weighted by Gasteiger charge is 2.23. The van der Waals surface area contributed by atoms with E-state index in [4.69, 9.17) is 11.6 Å². The van der Waals surface area contributed by atoms with Crippen LogP contribution in [0.5, 0.6) is 0 Å². The second kappa shape index (κ2) is 9.57. The number of amides is 1. The normalized spacial score (nSPS) is 19.0. The van der Waals surface area contributed by atoms with E-state index in [9.17, 15) is 4.79 Å². The van der Waals surface area contributed by atoms with Gasteiger partial charge < -0.3 is 5.32 Å². The summed E-state index contributed by atoms with van der Waals surface area (Å²) in [4.78, 5) is 21.6. The third-order valence-electron chi connectivity index (χ3n) is 6.14. The van der Waals surface area contributed by atoms with Gasteiger partial charge in [0.25, 0.3) is 5.78 Å². The molecule has 0 saturated heterocycles. The zero-order valence-electron chi connectivity index (χ0n) is 18.2. The number of aryl methyl sites for hydroxylation is 2. The van der Waals surface area contributed by atoms with E-state index in [2.05, 4.69) is 27.3 Å². The van der Waals surface area contributed by atoms with Crippen LogP contribution in [0.25, 0.3) is 5.78 Å². The summed E-state index contributed by atoms with van der Waals surface area (Å²) in [5, 5.41) is 9.10. The molecule has 1 amide bonds. The molecule has 164 valence electrons. The van der Waals surface area contributed by atoms with Gasteiger partial charge in [0.2, 0.25) is 11.1 Å². The van der Waals surface area contributed by atoms with Crippen molar-refractivity contribution in [1.29, 1.82) is 0 Å². The third-order valence-corrected chi connectivity index (χ3v) is 7.35. The summed E-state index contributed by atoms with van der Waals surface area (Å²) in [7, 11) is 0. The maximum Gasteiger partial charge on any atom is 0.253 e. The monoisotopic (exact) mass is 457 g/mol. The van der Waals surface area contributed by atoms with Gasteiger partial charge in [0.05, 0.1) is 5.75 Å². The average molecular weight is 458 g/mol. The standard InChI is InChI=1S/C23H28ClN5OS/c1-14-8-4-7-11-20(14)26-21(30)13-31-23-27-22-25-15(2)18(16(3)29(22)28-23)12-17-9-5-6-10-19(17)24/h5-6,9-10,14,20H,4,7-8,11-13H2,1-3H3,(H,26,30)/t14-,20-/m1/s1. The molecule has 3 aromatic rings. The Morgan fingerprint density at radius 3 is 2.77 bits per heavy atom. The summed E-state index contributed by atoms with van der Waals surface area (Å²) in [6.07, 6.45) is 5.40. The molecule has 0 unspecified atom stereocenters. The largest absolute Gasteiger partial charge is 0.352 e. The van der Waals surface area contributed by atoms with Gasteiger partial charge in [-0.05, 0) is 49.8 Å². The number of hydrogen-bond donors (Lipinski definition) is 1. The van der Waals surface area contributed by atoms with Crippen LogP contribution in [0.15, 0.2) is 29.4 Å². The SMILES string of the molecule is Cc1nc2nc(SCC(=O)N[C@@H]3CCCC[C@H]3C)nn2c(C)c1Cc1ccccc1Cl. The van der Waals surface area contributed by atoms with E-state index in [1.807, 2.05) is 38.1 Å². The van der Waals surface area contributed by atoms with Crippen LogP contribution < -0.4 is 5.32 Å². The van der Waals surface area contributed by atoms with Gasteiger partial charge in [0.15, 0.2) is 0 Å². The van der Waals surface area contributed by atoms with Crippen LogP contribution in [-0.2, 0) is 11.2 Å². The molecule has 0 bridgehead atoms. The molecular weight excluding hydrogens is 430 g/mol. The first-order valence-electron chi connectivity index (χ1n) is 10.8. The number of benzene rings is 1. The van der Waals surface area contributed by atoms with Crippen molar-refractivity contribution in [2.24, 2.45) is 5.92 Å². The van der Waals surface area contributed by atoms with E-state index >= 15 is 0 Å². The van der Waals surface area contributed by atoms with Crippen LogP contribution in [0.4, 0.5) is 0 Å². The zero-order chi connectivity index (χ0) is 22.0. The molecule has 0 spiro atoms. The molecule has 1 aliphatic rings. The predicted molar refractivity (Wildman–Crippen MR) is 125 cm³/mol. The lowest BCUT2D eigenvalue weighted by Gasteiger charge is -2.29. The first-order chi connectivity index (χ1) is 14.9. The van der Waals surface area contributed by atoms with Gasteiger partial charge >= 0.3 is 0 Å². The van der Waals surface area contributed by atoms with Gasteiger partial charge in [0.1, 0.15) is 0 Å². The molecule has 1 saturated carbocycles. The van der Waals surface area contributed by atoms with E-state index in [0.29, 0.717) is 29.0 Å². The number of thioether (sulfide) groups is 1. The Morgan fingerprint density at radius 1 is 1.23 bits per heavy atom. The number of rotatable bonds is 6. The molecule has 2 aromatic heterocycles. The fourth-order valence-corrected chi connectivity index (χ4v) is 5.08. The highest BCUT2D eigenvalue weighted by Crippen LogP contribution is 2.25. The minimum atomic E-state index is 0.0443. The summed E-state index contributed by atoms with van der Waals surface area (Å²) in [5.41, 5.74) is 4.05. The average Bonchev–Trinajstić information content (AvgIpc) is 3.15. The first-order valence-corrected chi connectivity index (χ1v) is 12.2. The van der Waals surface area contributed by atoms with E-state index in [0.717, 1.165) is 34.0 Å². The number of nitrogens with one attached hydrogen (secondary N) is 1. The molecule has 6 nitrogen and oxygen atoms in total. The number of carbonyl (C=O) groups is 1. The van der Waals surface area contributed by atoms with Crippen molar-refractivity contribution in [3.8, 4) is 0 Å². The molecule has 8 heteroatoms. The Hall–Kier alpha value is -2.12. The van der Waals surface area contributed by atoms with Gasteiger partial charge in [-0.15, -0.1) is 5.10 Å². The number of fused-ring (bicyclic) bond motifs is 1. The number of nitrogens with zero attached hydrogens (tertiary/aromatic N) is 4. The van der Waals surface area contributed by atoms with E-state index in [1.54, 1.807) is 4.52 Å². The van der Waals surface area contributed by atoms with Gasteiger partial charge in [0, 0.05) is 28.9 Å². The van der Waals surface area contributed by atoms with Crippen molar-refractivity contribution in [2.75, 3.05) is 5.75 Å². The molecule has 0 radical (unpaired) electrons. The maximum absolute atomic E-state index is 12.4. The van der Waals surface area contributed by atoms with Crippen LogP contribution in [0, 0.1) is 19.8 Å². The number of hydrogen-bond acceptors (Lipinski definition) is 5. The lowest BCUT2D eigenvalue weighted by atomic mass is 9.86. The Morgan fingerprint density at radius 2 is 2.00 bits per heavy atom. The minimum absolute atomic E-state index is 0.0443. The lowest BCUT2D eigenvalue weighted by molar-refractivity contribution is -0.119. The minimum Gasteiger partial charge on any atom is -0.352 e. The summed E-state index contributed by atoms with van der Waals surface area (Å²) in [6, 6.07) is 8.13. The number of aromatic nitrogens is 4. The molecule has 1 aliphatic carbocycles. The molecule has 4 rings (SSSR count). The van der Waals surface area contributed by atoms with Crippen LogP contribution in [0.1, 0.15) is 55.1 Å². The van der Waals surface area contributed by atoms with E-state index < -0.39 is 0 Å². The van der Waals surface area contributed by atoms with Crippen molar-refractivity contribution in [3.63, 3.8) is 0 Å². The molecule has 31 heavy (non-hydrogen) atoms. The number of carbonyl (C=O) groups excluding carboxylic acids is 1. The highest BCUT2D eigenvalue weighted by atomic mass is 35.5. The fourth-order valence-electron chi connectivity index (χ4n) is 4.25. The summed E-state index contributed by atoms with van der Waals surface area (Å²) in [6.45, 7) is 6.23. The van der Waals surface area contributed by atoms with Crippen LogP contribution in [0.2, 0.25) is 5.02 Å². The van der Waals surface area contributed by atoms with E-state index in [1.165, 1.54) is 31.0 Å². The topological polar surface area (TPSA) is 72.2 Å². The molecule has 0 aliphatic heterocycles. The van der Waals surface area contributed by atoms with Crippen LogP contribution in [-0.4, -0.2) is 37.3 Å². The highest BCUT2D eigenvalue weighted by molar-refractivity contribution is 7.99. The quantitative estimate of drug-likeness (QED) is 0.539. The van der Waals surface area contributed by atoms with Gasteiger partial charge in [-0.1, -0.05) is 61.3 Å². The zero-order valence-corrected chi connectivity index (χ0v) is 19.8.